The average molecular weight is 258 g/mol. The molecule has 1 aromatic carbocycles. The molecule has 1 aliphatic heterocycles. The predicted molar refractivity (Wildman–Crippen MR) is 79.3 cm³/mol. The number of benzene rings is 1. The molecular weight excluding hydrogens is 232 g/mol. The van der Waals surface area contributed by atoms with E-state index in [2.05, 4.69) is 45.0 Å². The molecule has 0 radical (unpaired) electrons. The van der Waals surface area contributed by atoms with Crippen LogP contribution in [0.5, 0.6) is 0 Å². The molecule has 104 valence electrons. The van der Waals surface area contributed by atoms with Gasteiger partial charge in [-0.3, -0.25) is 0 Å². The van der Waals surface area contributed by atoms with Crippen LogP contribution in [0.2, 0.25) is 0 Å². The summed E-state index contributed by atoms with van der Waals surface area (Å²) in [6, 6.07) is 9.20. The Bertz CT molecular complexity index is 422. The van der Waals surface area contributed by atoms with E-state index in [9.17, 15) is 0 Å². The lowest BCUT2D eigenvalue weighted by molar-refractivity contribution is 0.0219. The van der Waals surface area contributed by atoms with E-state index in [1.165, 1.54) is 43.2 Å². The number of ether oxygens (including phenoxy) is 1. The Labute approximate surface area is 117 Å². The highest BCUT2D eigenvalue weighted by Crippen LogP contribution is 2.41. The average Bonchev–Trinajstić information content (AvgIpc) is 3.09. The van der Waals surface area contributed by atoms with Crippen LogP contribution < -0.4 is 0 Å². The summed E-state index contributed by atoms with van der Waals surface area (Å²) in [6.45, 7) is 6.90. The maximum absolute atomic E-state index is 6.24. The number of hydrogen-bond acceptors (Lipinski definition) is 1. The third-order valence-electron chi connectivity index (χ3n) is 4.30. The van der Waals surface area contributed by atoms with Crippen LogP contribution in [0, 0.1) is 5.41 Å². The number of rotatable bonds is 3. The molecule has 1 nitrogen and oxygen atoms in total. The van der Waals surface area contributed by atoms with Crippen molar-refractivity contribution in [2.75, 3.05) is 0 Å². The molecule has 2 unspecified atom stereocenters. The van der Waals surface area contributed by atoms with Gasteiger partial charge in [0.15, 0.2) is 0 Å². The van der Waals surface area contributed by atoms with E-state index >= 15 is 0 Å². The lowest BCUT2D eigenvalue weighted by Gasteiger charge is -2.23. The molecule has 0 bridgehead atoms. The van der Waals surface area contributed by atoms with E-state index in [0.29, 0.717) is 17.6 Å². The fourth-order valence-corrected chi connectivity index (χ4v) is 3.18. The lowest BCUT2D eigenvalue weighted by atomic mass is 9.88. The van der Waals surface area contributed by atoms with E-state index in [0.717, 1.165) is 5.92 Å². The van der Waals surface area contributed by atoms with Crippen LogP contribution in [0.15, 0.2) is 24.3 Å². The Morgan fingerprint density at radius 2 is 1.58 bits per heavy atom. The molecular formula is C18H26O. The van der Waals surface area contributed by atoms with Gasteiger partial charge in [-0.25, -0.2) is 0 Å². The second kappa shape index (κ2) is 4.94. The fraction of sp³-hybridized carbons (Fsp3) is 0.667. The molecule has 19 heavy (non-hydrogen) atoms. The monoisotopic (exact) mass is 258 g/mol. The molecule has 1 saturated carbocycles. The third-order valence-corrected chi connectivity index (χ3v) is 4.30. The van der Waals surface area contributed by atoms with Gasteiger partial charge in [0, 0.05) is 0 Å². The van der Waals surface area contributed by atoms with Gasteiger partial charge >= 0.3 is 0 Å². The predicted octanol–water partition coefficient (Wildman–Crippen LogP) is 5.22. The molecule has 1 aromatic rings. The van der Waals surface area contributed by atoms with E-state index < -0.39 is 0 Å². The summed E-state index contributed by atoms with van der Waals surface area (Å²) < 4.78 is 6.24. The van der Waals surface area contributed by atoms with Crippen LogP contribution in [0.25, 0.3) is 0 Å². The van der Waals surface area contributed by atoms with Crippen molar-refractivity contribution >= 4 is 0 Å². The molecule has 1 aliphatic carbocycles. The summed E-state index contributed by atoms with van der Waals surface area (Å²) in [4.78, 5) is 0. The Balaban J connectivity index is 1.60. The summed E-state index contributed by atoms with van der Waals surface area (Å²) in [5.41, 5.74) is 3.27. The van der Waals surface area contributed by atoms with Gasteiger partial charge in [-0.05, 0) is 54.6 Å². The van der Waals surface area contributed by atoms with Crippen LogP contribution in [-0.4, -0.2) is 6.10 Å². The van der Waals surface area contributed by atoms with E-state index in [1.807, 2.05) is 0 Å². The molecule has 0 spiro atoms. The van der Waals surface area contributed by atoms with Crippen LogP contribution >= 0.6 is 0 Å². The summed E-state index contributed by atoms with van der Waals surface area (Å²) in [6.07, 6.45) is 7.12. The highest BCUT2D eigenvalue weighted by molar-refractivity contribution is 5.29. The Morgan fingerprint density at radius 1 is 0.947 bits per heavy atom. The van der Waals surface area contributed by atoms with E-state index in [1.54, 1.807) is 0 Å². The summed E-state index contributed by atoms with van der Waals surface area (Å²) >= 11 is 0. The van der Waals surface area contributed by atoms with Crippen molar-refractivity contribution in [1.29, 1.82) is 0 Å². The van der Waals surface area contributed by atoms with Gasteiger partial charge in [-0.15, -0.1) is 0 Å². The minimum atomic E-state index is 0.334. The summed E-state index contributed by atoms with van der Waals surface area (Å²) in [5, 5.41) is 0. The molecule has 2 aliphatic rings. The van der Waals surface area contributed by atoms with Gasteiger partial charge < -0.3 is 4.74 Å². The van der Waals surface area contributed by atoms with Crippen molar-refractivity contribution in [1.82, 2.24) is 0 Å². The largest absolute Gasteiger partial charge is 0.370 e. The first-order valence-electron chi connectivity index (χ1n) is 7.76. The quantitative estimate of drug-likeness (QED) is 0.722. The molecule has 1 heteroatoms. The highest BCUT2D eigenvalue weighted by atomic mass is 16.5. The van der Waals surface area contributed by atoms with E-state index in [-0.39, 0.29) is 0 Å². The second-order valence-corrected chi connectivity index (χ2v) is 7.53. The molecule has 3 rings (SSSR count). The standard InChI is InChI=1S/C18H26O/c1-18(2,3)12-16-10-11-17(19-16)15-8-6-14(7-9-15)13-4-5-13/h6-9,13,16-17H,4-5,10-12H2,1-3H3. The first-order chi connectivity index (χ1) is 9.01. The first-order valence-corrected chi connectivity index (χ1v) is 7.76. The topological polar surface area (TPSA) is 9.23 Å². The fourth-order valence-electron chi connectivity index (χ4n) is 3.18. The first kappa shape index (κ1) is 13.2. The molecule has 0 amide bonds. The zero-order chi connectivity index (χ0) is 13.5. The lowest BCUT2D eigenvalue weighted by Crippen LogP contribution is -2.17. The molecule has 0 aromatic heterocycles. The van der Waals surface area contributed by atoms with Crippen molar-refractivity contribution < 1.29 is 4.74 Å². The van der Waals surface area contributed by atoms with Crippen LogP contribution in [0.3, 0.4) is 0 Å². The molecule has 0 N–H and O–H groups in total. The second-order valence-electron chi connectivity index (χ2n) is 7.53. The maximum Gasteiger partial charge on any atom is 0.0829 e. The van der Waals surface area contributed by atoms with Gasteiger partial charge in [0.1, 0.15) is 0 Å². The van der Waals surface area contributed by atoms with Crippen molar-refractivity contribution in [2.24, 2.45) is 5.41 Å². The minimum Gasteiger partial charge on any atom is -0.370 e. The van der Waals surface area contributed by atoms with Gasteiger partial charge in [-0.2, -0.15) is 0 Å². The van der Waals surface area contributed by atoms with Crippen molar-refractivity contribution in [3.05, 3.63) is 35.4 Å². The zero-order valence-electron chi connectivity index (χ0n) is 12.5. The minimum absolute atomic E-state index is 0.334. The Morgan fingerprint density at radius 3 is 2.16 bits per heavy atom. The molecule has 2 atom stereocenters. The molecule has 2 fully saturated rings. The van der Waals surface area contributed by atoms with Crippen molar-refractivity contribution in [3.63, 3.8) is 0 Å². The zero-order valence-corrected chi connectivity index (χ0v) is 12.5. The SMILES string of the molecule is CC(C)(C)CC1CCC(c2ccc(C3CC3)cc2)O1. The van der Waals surface area contributed by atoms with Crippen molar-refractivity contribution in [2.45, 2.75) is 71.0 Å². The van der Waals surface area contributed by atoms with Crippen LogP contribution in [0.1, 0.15) is 76.0 Å². The van der Waals surface area contributed by atoms with Crippen LogP contribution in [-0.2, 0) is 4.74 Å². The Kier molecular flexibility index (Phi) is 3.42. The highest BCUT2D eigenvalue weighted by Gasteiger charge is 2.30. The Hall–Kier alpha value is -0.820. The van der Waals surface area contributed by atoms with Crippen molar-refractivity contribution in [3.8, 4) is 0 Å². The van der Waals surface area contributed by atoms with Crippen LogP contribution in [0.4, 0.5) is 0 Å². The van der Waals surface area contributed by atoms with Gasteiger partial charge in [0.05, 0.1) is 12.2 Å². The maximum atomic E-state index is 6.24. The van der Waals surface area contributed by atoms with Gasteiger partial charge in [0.25, 0.3) is 0 Å². The normalized spacial score (nSPS) is 27.7. The molecule has 1 heterocycles. The van der Waals surface area contributed by atoms with Gasteiger partial charge in [-0.1, -0.05) is 45.0 Å². The molecule has 1 saturated heterocycles. The van der Waals surface area contributed by atoms with E-state index in [4.69, 9.17) is 4.74 Å². The smallest absolute Gasteiger partial charge is 0.0829 e. The third kappa shape index (κ3) is 3.39. The number of hydrogen-bond donors (Lipinski definition) is 0. The van der Waals surface area contributed by atoms with Gasteiger partial charge in [0.2, 0.25) is 0 Å². The summed E-state index contributed by atoms with van der Waals surface area (Å²) in [5.74, 6) is 0.854. The summed E-state index contributed by atoms with van der Waals surface area (Å²) in [7, 11) is 0.